The van der Waals surface area contributed by atoms with Crippen LogP contribution in [0.15, 0.2) is 34.9 Å². The van der Waals surface area contributed by atoms with Gasteiger partial charge < -0.3 is 18.8 Å². The monoisotopic (exact) mass is 642 g/mol. The number of oxazole rings is 1. The molecule has 3 heterocycles. The molecule has 45 heavy (non-hydrogen) atoms. The molecule has 3 aromatic rings. The molecule has 0 aliphatic carbocycles. The molecule has 0 fully saturated rings. The summed E-state index contributed by atoms with van der Waals surface area (Å²) >= 11 is 0. The van der Waals surface area contributed by atoms with E-state index in [0.29, 0.717) is 41.2 Å². The Bertz CT molecular complexity index is 1520. The van der Waals surface area contributed by atoms with Crippen molar-refractivity contribution in [1.29, 1.82) is 0 Å². The van der Waals surface area contributed by atoms with E-state index in [1.165, 1.54) is 9.80 Å². The Balaban J connectivity index is 1.94. The summed E-state index contributed by atoms with van der Waals surface area (Å²) in [6.07, 6.45) is -9.18. The Morgan fingerprint density at radius 3 is 2.13 bits per heavy atom. The van der Waals surface area contributed by atoms with Gasteiger partial charge in [-0.2, -0.15) is 31.3 Å². The summed E-state index contributed by atoms with van der Waals surface area (Å²) in [4.78, 5) is 37.2. The zero-order chi connectivity index (χ0) is 33.3. The summed E-state index contributed by atoms with van der Waals surface area (Å²) < 4.78 is 98.5. The van der Waals surface area contributed by atoms with Gasteiger partial charge >= 0.3 is 24.4 Å². The number of hydrogen-bond acceptors (Lipinski definition) is 8. The molecule has 0 spiro atoms. The summed E-state index contributed by atoms with van der Waals surface area (Å²) in [5.41, 5.74) is -1.64. The Hall–Kier alpha value is -4.30. The molecule has 0 radical (unpaired) electrons. The maximum atomic E-state index is 13.8. The van der Waals surface area contributed by atoms with Crippen molar-refractivity contribution >= 4 is 23.8 Å². The average molecular weight is 643 g/mol. The largest absolute Gasteiger partial charge is 0.461 e. The second kappa shape index (κ2) is 13.0. The first kappa shape index (κ1) is 33.6. The highest BCUT2D eigenvalue weighted by Crippen LogP contribution is 2.46. The van der Waals surface area contributed by atoms with E-state index in [1.807, 2.05) is 6.92 Å². The summed E-state index contributed by atoms with van der Waals surface area (Å²) in [7, 11) is 0. The summed E-state index contributed by atoms with van der Waals surface area (Å²) in [6, 6.07) is 1.44. The predicted molar refractivity (Wildman–Crippen MR) is 150 cm³/mol. The number of fused-ring (bicyclic) bond motifs is 1. The van der Waals surface area contributed by atoms with Crippen LogP contribution >= 0.6 is 0 Å². The second-order valence-electron chi connectivity index (χ2n) is 10.4. The van der Waals surface area contributed by atoms with Crippen LogP contribution in [0, 0.1) is 13.8 Å². The van der Waals surface area contributed by atoms with E-state index in [-0.39, 0.29) is 43.0 Å². The van der Waals surface area contributed by atoms with Crippen LogP contribution in [0.5, 0.6) is 0 Å². The third-order valence-electron chi connectivity index (χ3n) is 7.32. The standard InChI is InChI=1S/C30H32F6N4O5/c1-6-21-13-24(22-9-16(4)37-17(5)25(22)40(21)28(42)44-8-3)39(27-38-23(15-45-27)26(41)43-7-2)14-18-10-19(29(31,32)33)12-20(11-18)30(34,35)36/h9-12,15,21,24H,6-8,13-14H2,1-5H3. The number of nitrogens with zero attached hydrogens (tertiary/aromatic N) is 4. The first-order valence-electron chi connectivity index (χ1n) is 14.2. The number of anilines is 2. The molecular weight excluding hydrogens is 610 g/mol. The fourth-order valence-corrected chi connectivity index (χ4v) is 5.48. The molecule has 1 aliphatic rings. The Labute approximate surface area is 255 Å². The molecule has 0 bridgehead atoms. The fraction of sp³-hybridized carbons (Fsp3) is 0.467. The highest BCUT2D eigenvalue weighted by molar-refractivity contribution is 5.91. The number of benzene rings is 1. The van der Waals surface area contributed by atoms with E-state index in [9.17, 15) is 35.9 Å². The van der Waals surface area contributed by atoms with E-state index in [2.05, 4.69) is 9.97 Å². The number of amides is 1. The van der Waals surface area contributed by atoms with Crippen molar-refractivity contribution in [3.8, 4) is 0 Å². The number of hydrogen-bond donors (Lipinski definition) is 0. The van der Waals surface area contributed by atoms with Crippen LogP contribution in [-0.2, 0) is 28.4 Å². The van der Waals surface area contributed by atoms with Gasteiger partial charge in [-0.3, -0.25) is 9.88 Å². The van der Waals surface area contributed by atoms with Crippen molar-refractivity contribution in [2.24, 2.45) is 0 Å². The molecule has 1 amide bonds. The summed E-state index contributed by atoms with van der Waals surface area (Å²) in [6.45, 7) is 8.05. The molecule has 2 atom stereocenters. The molecule has 0 saturated carbocycles. The Morgan fingerprint density at radius 2 is 1.58 bits per heavy atom. The Morgan fingerprint density at radius 1 is 0.956 bits per heavy atom. The molecule has 1 aromatic carbocycles. The molecule has 0 N–H and O–H groups in total. The number of aryl methyl sites for hydroxylation is 2. The van der Waals surface area contributed by atoms with Gasteiger partial charge in [-0.15, -0.1) is 0 Å². The van der Waals surface area contributed by atoms with Gasteiger partial charge in [0.25, 0.3) is 6.01 Å². The van der Waals surface area contributed by atoms with E-state index < -0.39 is 54.2 Å². The molecule has 244 valence electrons. The molecule has 2 aromatic heterocycles. The molecule has 4 rings (SSSR count). The zero-order valence-electron chi connectivity index (χ0n) is 25.2. The minimum atomic E-state index is -5.06. The number of alkyl halides is 6. The van der Waals surface area contributed by atoms with Crippen LogP contribution in [0.25, 0.3) is 0 Å². The molecule has 9 nitrogen and oxygen atoms in total. The van der Waals surface area contributed by atoms with Crippen LogP contribution < -0.4 is 9.80 Å². The van der Waals surface area contributed by atoms with Gasteiger partial charge in [-0.05, 0) is 70.4 Å². The smallest absolute Gasteiger partial charge is 0.416 e. The zero-order valence-corrected chi connectivity index (χ0v) is 25.2. The predicted octanol–water partition coefficient (Wildman–Crippen LogP) is 7.79. The molecule has 0 saturated heterocycles. The topological polar surface area (TPSA) is 98.0 Å². The van der Waals surface area contributed by atoms with Crippen molar-refractivity contribution < 1.29 is 49.8 Å². The quantitative estimate of drug-likeness (QED) is 0.181. The normalized spacial score (nSPS) is 16.7. The first-order chi connectivity index (χ1) is 21.1. The lowest BCUT2D eigenvalue weighted by molar-refractivity contribution is -0.143. The van der Waals surface area contributed by atoms with Gasteiger partial charge in [-0.25, -0.2) is 9.59 Å². The molecular formula is C30H32F6N4O5. The van der Waals surface area contributed by atoms with Gasteiger partial charge in [0.15, 0.2) is 5.69 Å². The third-order valence-corrected chi connectivity index (χ3v) is 7.32. The number of pyridine rings is 1. The third kappa shape index (κ3) is 7.17. The van der Waals surface area contributed by atoms with Gasteiger partial charge in [-0.1, -0.05) is 6.92 Å². The van der Waals surface area contributed by atoms with Crippen molar-refractivity contribution in [3.05, 3.63) is 69.9 Å². The van der Waals surface area contributed by atoms with Crippen molar-refractivity contribution in [2.45, 2.75) is 78.4 Å². The lowest BCUT2D eigenvalue weighted by Crippen LogP contribution is -2.48. The van der Waals surface area contributed by atoms with Gasteiger partial charge in [0.05, 0.1) is 41.8 Å². The number of carbonyl (C=O) groups is 2. The van der Waals surface area contributed by atoms with Gasteiger partial charge in [0, 0.05) is 23.8 Å². The lowest BCUT2D eigenvalue weighted by atomic mass is 9.88. The van der Waals surface area contributed by atoms with Gasteiger partial charge in [0.2, 0.25) is 0 Å². The highest BCUT2D eigenvalue weighted by atomic mass is 19.4. The number of aromatic nitrogens is 2. The molecule has 2 unspecified atom stereocenters. The SMILES string of the molecule is CCOC(=O)c1coc(N(Cc2cc(C(F)(F)F)cc(C(F)(F)F)c2)C2CC(CC)N(C(=O)OCC)c3c2cc(C)nc3C)n1. The number of ether oxygens (including phenoxy) is 2. The number of halogens is 6. The first-order valence-corrected chi connectivity index (χ1v) is 14.2. The minimum absolute atomic E-state index is 0.0264. The van der Waals surface area contributed by atoms with Crippen molar-refractivity contribution in [1.82, 2.24) is 9.97 Å². The number of carbonyl (C=O) groups excluding carboxylic acids is 2. The number of rotatable bonds is 8. The van der Waals surface area contributed by atoms with E-state index in [1.54, 1.807) is 33.8 Å². The lowest BCUT2D eigenvalue weighted by Gasteiger charge is -2.44. The average Bonchev–Trinajstić information content (AvgIpc) is 3.45. The van der Waals surface area contributed by atoms with Crippen molar-refractivity contribution in [3.63, 3.8) is 0 Å². The molecule has 1 aliphatic heterocycles. The van der Waals surface area contributed by atoms with Crippen LogP contribution in [0.1, 0.15) is 83.8 Å². The van der Waals surface area contributed by atoms with E-state index >= 15 is 0 Å². The van der Waals surface area contributed by atoms with E-state index in [4.69, 9.17) is 13.9 Å². The van der Waals surface area contributed by atoms with Crippen LogP contribution in [0.3, 0.4) is 0 Å². The van der Waals surface area contributed by atoms with Crippen LogP contribution in [-0.4, -0.2) is 41.3 Å². The fourth-order valence-electron chi connectivity index (χ4n) is 5.48. The van der Waals surface area contributed by atoms with E-state index in [0.717, 1.165) is 6.26 Å². The van der Waals surface area contributed by atoms with Gasteiger partial charge in [0.1, 0.15) is 6.26 Å². The van der Waals surface area contributed by atoms with Crippen LogP contribution in [0.4, 0.5) is 42.8 Å². The number of esters is 1. The highest BCUT2D eigenvalue weighted by Gasteiger charge is 2.42. The maximum absolute atomic E-state index is 13.8. The second-order valence-corrected chi connectivity index (χ2v) is 10.4. The molecule has 15 heteroatoms. The van der Waals surface area contributed by atoms with Crippen LogP contribution in [0.2, 0.25) is 0 Å². The Kier molecular flexibility index (Phi) is 9.68. The summed E-state index contributed by atoms with van der Waals surface area (Å²) in [5.74, 6) is -0.828. The maximum Gasteiger partial charge on any atom is 0.416 e. The van der Waals surface area contributed by atoms with Crippen molar-refractivity contribution in [2.75, 3.05) is 23.0 Å². The minimum Gasteiger partial charge on any atom is -0.461 e. The summed E-state index contributed by atoms with van der Waals surface area (Å²) in [5, 5.41) is 0.